The van der Waals surface area contributed by atoms with E-state index in [-0.39, 0.29) is 17.9 Å². The summed E-state index contributed by atoms with van der Waals surface area (Å²) in [6.07, 6.45) is 2.10. The Bertz CT molecular complexity index is 257. The summed E-state index contributed by atoms with van der Waals surface area (Å²) in [4.78, 5) is 20.6. The fourth-order valence-electron chi connectivity index (χ4n) is 0.997. The van der Waals surface area contributed by atoms with Crippen LogP contribution >= 0.6 is 0 Å². The minimum atomic E-state index is -0.329. The van der Waals surface area contributed by atoms with Crippen LogP contribution in [-0.2, 0) is 19.1 Å². The highest BCUT2D eigenvalue weighted by atomic mass is 16.5. The quantitative estimate of drug-likeness (QED) is 0.430. The van der Waals surface area contributed by atoms with E-state index in [2.05, 4.69) is 23.2 Å². The van der Waals surface area contributed by atoms with Crippen LogP contribution in [0.5, 0.6) is 0 Å². The van der Waals surface area contributed by atoms with E-state index >= 15 is 0 Å². The molecule has 0 bridgehead atoms. The summed E-state index contributed by atoms with van der Waals surface area (Å²) in [7, 11) is 0. The molecule has 1 atom stereocenters. The third kappa shape index (κ3) is 6.92. The van der Waals surface area contributed by atoms with Crippen molar-refractivity contribution in [1.29, 1.82) is 0 Å². The molecule has 1 N–H and O–H groups in total. The van der Waals surface area contributed by atoms with E-state index in [0.29, 0.717) is 13.2 Å². The lowest BCUT2D eigenvalue weighted by atomic mass is 10.2. The number of carbonyl (C=O) groups is 2. The average molecular weight is 227 g/mol. The highest BCUT2D eigenvalue weighted by molar-refractivity contribution is 5.93. The molecule has 1 rings (SSSR count). The zero-order valence-electron chi connectivity index (χ0n) is 9.40. The van der Waals surface area contributed by atoms with E-state index in [1.165, 1.54) is 13.0 Å². The SMILES string of the molecule is C=CC(=O)C1CNCCO1.C=COC(C)=O. The Hall–Kier alpha value is -1.46. The number of hydrogen-bond donors (Lipinski definition) is 1. The first-order valence-corrected chi connectivity index (χ1v) is 4.88. The zero-order valence-corrected chi connectivity index (χ0v) is 9.40. The maximum absolute atomic E-state index is 10.9. The molecule has 0 aromatic carbocycles. The molecule has 0 saturated carbocycles. The molecular weight excluding hydrogens is 210 g/mol. The normalized spacial score (nSPS) is 18.7. The monoisotopic (exact) mass is 227 g/mol. The molecule has 0 radical (unpaired) electrons. The Balaban J connectivity index is 0.000000325. The molecule has 0 aliphatic carbocycles. The maximum atomic E-state index is 10.9. The molecule has 1 fully saturated rings. The number of nitrogens with one attached hydrogen (secondary N) is 1. The molecule has 5 nitrogen and oxygen atoms in total. The van der Waals surface area contributed by atoms with Crippen molar-refractivity contribution in [2.45, 2.75) is 13.0 Å². The maximum Gasteiger partial charge on any atom is 0.307 e. The smallest absolute Gasteiger partial charge is 0.307 e. The van der Waals surface area contributed by atoms with E-state index in [0.717, 1.165) is 12.8 Å². The molecule has 1 unspecified atom stereocenters. The van der Waals surface area contributed by atoms with Gasteiger partial charge in [0.15, 0.2) is 5.78 Å². The van der Waals surface area contributed by atoms with Crippen LogP contribution in [0.3, 0.4) is 0 Å². The van der Waals surface area contributed by atoms with E-state index < -0.39 is 0 Å². The molecule has 5 heteroatoms. The molecule has 0 aromatic heterocycles. The molecule has 1 aliphatic heterocycles. The Morgan fingerprint density at radius 3 is 2.50 bits per heavy atom. The third-order valence-electron chi connectivity index (χ3n) is 1.70. The minimum absolute atomic E-state index is 0.0350. The van der Waals surface area contributed by atoms with Gasteiger partial charge in [-0.25, -0.2) is 0 Å². The molecule has 16 heavy (non-hydrogen) atoms. The Morgan fingerprint density at radius 1 is 1.50 bits per heavy atom. The molecule has 1 heterocycles. The predicted octanol–water partition coefficient (Wildman–Crippen LogP) is 0.423. The molecule has 0 spiro atoms. The van der Waals surface area contributed by atoms with Crippen molar-refractivity contribution in [1.82, 2.24) is 5.32 Å². The van der Waals surface area contributed by atoms with Crippen LogP contribution in [0.25, 0.3) is 0 Å². The van der Waals surface area contributed by atoms with Gasteiger partial charge in [0.1, 0.15) is 6.10 Å². The first kappa shape index (κ1) is 14.5. The molecular formula is C11H17NO4. The largest absolute Gasteiger partial charge is 0.435 e. The standard InChI is InChI=1S/C7H11NO2.C4H6O2/c1-2-6(9)7-5-8-3-4-10-7;1-3-6-4(2)5/h2,7-8H,1,3-5H2;3H,1H2,2H3. The van der Waals surface area contributed by atoms with Crippen molar-refractivity contribution in [3.8, 4) is 0 Å². The van der Waals surface area contributed by atoms with Gasteiger partial charge < -0.3 is 14.8 Å². The number of rotatable bonds is 3. The number of esters is 1. The summed E-state index contributed by atoms with van der Waals surface area (Å²) >= 11 is 0. The second kappa shape index (κ2) is 8.82. The molecule has 1 saturated heterocycles. The molecule has 0 amide bonds. The first-order valence-electron chi connectivity index (χ1n) is 4.88. The topological polar surface area (TPSA) is 64.6 Å². The molecule has 1 aliphatic rings. The summed E-state index contributed by atoms with van der Waals surface area (Å²) in [6, 6.07) is 0. The number of hydrogen-bond acceptors (Lipinski definition) is 5. The van der Waals surface area contributed by atoms with Crippen LogP contribution in [0.2, 0.25) is 0 Å². The van der Waals surface area contributed by atoms with Gasteiger partial charge in [0, 0.05) is 20.0 Å². The van der Waals surface area contributed by atoms with Gasteiger partial charge in [-0.2, -0.15) is 0 Å². The van der Waals surface area contributed by atoms with Gasteiger partial charge in [-0.3, -0.25) is 9.59 Å². The van der Waals surface area contributed by atoms with Gasteiger partial charge >= 0.3 is 5.97 Å². The Morgan fingerprint density at radius 2 is 2.19 bits per heavy atom. The van der Waals surface area contributed by atoms with Gasteiger partial charge in [0.2, 0.25) is 0 Å². The van der Waals surface area contributed by atoms with Crippen LogP contribution in [0, 0.1) is 0 Å². The second-order valence-electron chi connectivity index (χ2n) is 2.95. The number of ether oxygens (including phenoxy) is 2. The van der Waals surface area contributed by atoms with Crippen LogP contribution in [-0.4, -0.2) is 37.6 Å². The lowest BCUT2D eigenvalue weighted by Gasteiger charge is -2.20. The summed E-state index contributed by atoms with van der Waals surface area (Å²) in [5, 5.41) is 3.06. The van der Waals surface area contributed by atoms with Gasteiger partial charge in [0.25, 0.3) is 0 Å². The highest BCUT2D eigenvalue weighted by Gasteiger charge is 2.18. The average Bonchev–Trinajstić information content (AvgIpc) is 2.30. The lowest BCUT2D eigenvalue weighted by molar-refractivity contribution is -0.135. The van der Waals surface area contributed by atoms with Crippen molar-refractivity contribution in [2.75, 3.05) is 19.7 Å². The fourth-order valence-corrected chi connectivity index (χ4v) is 0.997. The van der Waals surface area contributed by atoms with Crippen molar-refractivity contribution >= 4 is 11.8 Å². The van der Waals surface area contributed by atoms with Crippen LogP contribution in [0.1, 0.15) is 6.92 Å². The first-order chi connectivity index (χ1) is 7.61. The van der Waals surface area contributed by atoms with Crippen molar-refractivity contribution in [3.63, 3.8) is 0 Å². The van der Waals surface area contributed by atoms with Gasteiger partial charge in [-0.15, -0.1) is 0 Å². The summed E-state index contributed by atoms with van der Waals surface area (Å²) in [6.45, 7) is 9.92. The fraction of sp³-hybridized carbons (Fsp3) is 0.455. The Kier molecular flexibility index (Phi) is 8.01. The zero-order chi connectivity index (χ0) is 12.4. The molecule has 0 aromatic rings. The Labute approximate surface area is 95.1 Å². The minimum Gasteiger partial charge on any atom is -0.435 e. The van der Waals surface area contributed by atoms with E-state index in [4.69, 9.17) is 4.74 Å². The van der Waals surface area contributed by atoms with E-state index in [1.54, 1.807) is 0 Å². The van der Waals surface area contributed by atoms with Crippen molar-refractivity contribution in [2.24, 2.45) is 0 Å². The summed E-state index contributed by atoms with van der Waals surface area (Å²) in [5.74, 6) is -0.364. The number of carbonyl (C=O) groups excluding carboxylic acids is 2. The highest BCUT2D eigenvalue weighted by Crippen LogP contribution is 1.97. The van der Waals surface area contributed by atoms with E-state index in [9.17, 15) is 9.59 Å². The van der Waals surface area contributed by atoms with Crippen molar-refractivity contribution < 1.29 is 19.1 Å². The van der Waals surface area contributed by atoms with Crippen LogP contribution in [0.4, 0.5) is 0 Å². The molecule has 90 valence electrons. The number of morpholine rings is 1. The number of ketones is 1. The predicted molar refractivity (Wildman–Crippen MR) is 59.8 cm³/mol. The van der Waals surface area contributed by atoms with Gasteiger partial charge in [0.05, 0.1) is 12.9 Å². The van der Waals surface area contributed by atoms with Gasteiger partial charge in [-0.05, 0) is 6.08 Å². The second-order valence-corrected chi connectivity index (χ2v) is 2.95. The van der Waals surface area contributed by atoms with Crippen LogP contribution in [0.15, 0.2) is 25.5 Å². The van der Waals surface area contributed by atoms with Gasteiger partial charge in [-0.1, -0.05) is 13.2 Å². The van der Waals surface area contributed by atoms with Crippen molar-refractivity contribution in [3.05, 3.63) is 25.5 Å². The third-order valence-corrected chi connectivity index (χ3v) is 1.70. The lowest BCUT2D eigenvalue weighted by Crippen LogP contribution is -2.42. The summed E-state index contributed by atoms with van der Waals surface area (Å²) < 4.78 is 9.31. The van der Waals surface area contributed by atoms with E-state index in [1.807, 2.05) is 0 Å². The van der Waals surface area contributed by atoms with Crippen LogP contribution < -0.4 is 5.32 Å². The summed E-state index contributed by atoms with van der Waals surface area (Å²) in [5.41, 5.74) is 0.